The zero-order valence-corrected chi connectivity index (χ0v) is 11.4. The molecule has 1 rings (SSSR count). The van der Waals surface area contributed by atoms with Gasteiger partial charge >= 0.3 is 0 Å². The van der Waals surface area contributed by atoms with Gasteiger partial charge in [0.2, 0.25) is 5.91 Å². The Hall–Kier alpha value is -0.570. The lowest BCUT2D eigenvalue weighted by molar-refractivity contribution is -0.120. The molecule has 0 bridgehead atoms. The highest BCUT2D eigenvalue weighted by molar-refractivity contribution is 5.75. The predicted octanol–water partition coefficient (Wildman–Crippen LogP) is 2.27. The number of hydrogen-bond donors (Lipinski definition) is 1. The van der Waals surface area contributed by atoms with Crippen LogP contribution in [0.1, 0.15) is 46.5 Å². The molecule has 0 unspecified atom stereocenters. The summed E-state index contributed by atoms with van der Waals surface area (Å²) in [6.07, 6.45) is 4.30. The first-order valence-corrected chi connectivity index (χ1v) is 6.65. The molecule has 1 aliphatic rings. The molecule has 3 heteroatoms. The maximum Gasteiger partial charge on any atom is 0.219 e. The van der Waals surface area contributed by atoms with E-state index in [0.29, 0.717) is 6.42 Å². The summed E-state index contributed by atoms with van der Waals surface area (Å²) in [7, 11) is 1.70. The van der Waals surface area contributed by atoms with Crippen molar-refractivity contribution in [3.8, 4) is 0 Å². The molecule has 0 aromatic rings. The molecule has 0 spiro atoms. The van der Waals surface area contributed by atoms with Gasteiger partial charge in [0.05, 0.1) is 0 Å². The molecule has 16 heavy (non-hydrogen) atoms. The lowest BCUT2D eigenvalue weighted by Crippen LogP contribution is -2.34. The molecule has 96 valence electrons. The second-order valence-corrected chi connectivity index (χ2v) is 4.30. The Morgan fingerprint density at radius 2 is 1.88 bits per heavy atom. The van der Waals surface area contributed by atoms with Crippen molar-refractivity contribution >= 4 is 5.91 Å². The van der Waals surface area contributed by atoms with Crippen molar-refractivity contribution in [3.63, 3.8) is 0 Å². The van der Waals surface area contributed by atoms with Gasteiger partial charge in [0.15, 0.2) is 0 Å². The summed E-state index contributed by atoms with van der Waals surface area (Å²) in [5.41, 5.74) is 0. The first-order valence-electron chi connectivity index (χ1n) is 6.65. The summed E-state index contributed by atoms with van der Waals surface area (Å²) >= 11 is 0. The molecule has 0 saturated carbocycles. The van der Waals surface area contributed by atoms with Gasteiger partial charge in [-0.2, -0.15) is 0 Å². The van der Waals surface area contributed by atoms with Crippen molar-refractivity contribution in [2.75, 3.05) is 26.7 Å². The van der Waals surface area contributed by atoms with Gasteiger partial charge in [-0.05, 0) is 44.8 Å². The number of amides is 1. The number of hydrogen-bond acceptors (Lipinski definition) is 2. The average molecular weight is 228 g/mol. The zero-order chi connectivity index (χ0) is 12.4. The van der Waals surface area contributed by atoms with Crippen LogP contribution in [-0.2, 0) is 4.79 Å². The highest BCUT2D eigenvalue weighted by atomic mass is 16.1. The molecule has 1 saturated heterocycles. The molecule has 0 atom stereocenters. The van der Waals surface area contributed by atoms with Crippen LogP contribution < -0.4 is 5.32 Å². The second-order valence-electron chi connectivity index (χ2n) is 4.30. The number of rotatable bonds is 4. The van der Waals surface area contributed by atoms with Gasteiger partial charge in [0.25, 0.3) is 0 Å². The third-order valence-corrected chi connectivity index (χ3v) is 3.03. The van der Waals surface area contributed by atoms with Crippen molar-refractivity contribution in [1.29, 1.82) is 0 Å². The quantitative estimate of drug-likeness (QED) is 0.800. The maximum atomic E-state index is 11.0. The topological polar surface area (TPSA) is 32.3 Å². The Labute approximate surface area is 101 Å². The van der Waals surface area contributed by atoms with E-state index in [-0.39, 0.29) is 5.91 Å². The minimum Gasteiger partial charge on any atom is -0.359 e. The van der Waals surface area contributed by atoms with Crippen LogP contribution in [0.15, 0.2) is 0 Å². The lowest BCUT2D eigenvalue weighted by atomic mass is 9.99. The largest absolute Gasteiger partial charge is 0.359 e. The van der Waals surface area contributed by atoms with Gasteiger partial charge in [-0.1, -0.05) is 20.8 Å². The van der Waals surface area contributed by atoms with Crippen LogP contribution in [0.4, 0.5) is 0 Å². The van der Waals surface area contributed by atoms with Crippen LogP contribution in [0.25, 0.3) is 0 Å². The normalized spacial score (nSPS) is 17.5. The standard InChI is InChI=1S/C11H22N2O.C2H6/c1-10-5-8-13(9-6-10)7-3-4-11(14)12-2;1-2/h10H,3-9H2,1-2H3,(H,12,14);1-2H3. The number of carbonyl (C=O) groups is 1. The van der Waals surface area contributed by atoms with E-state index < -0.39 is 0 Å². The molecule has 1 aliphatic heterocycles. The molecule has 0 radical (unpaired) electrons. The Kier molecular flexibility index (Phi) is 9.30. The number of nitrogens with zero attached hydrogens (tertiary/aromatic N) is 1. The summed E-state index contributed by atoms with van der Waals surface area (Å²) in [5, 5.41) is 2.65. The minimum absolute atomic E-state index is 0.162. The van der Waals surface area contributed by atoms with E-state index in [2.05, 4.69) is 17.1 Å². The van der Waals surface area contributed by atoms with Crippen LogP contribution in [-0.4, -0.2) is 37.5 Å². The van der Waals surface area contributed by atoms with Crippen molar-refractivity contribution in [2.45, 2.75) is 46.5 Å². The Balaban J connectivity index is 0.00000106. The minimum atomic E-state index is 0.162. The smallest absolute Gasteiger partial charge is 0.219 e. The first-order chi connectivity index (χ1) is 7.72. The summed E-state index contributed by atoms with van der Waals surface area (Å²) in [6, 6.07) is 0. The van der Waals surface area contributed by atoms with Crippen LogP contribution in [0.2, 0.25) is 0 Å². The van der Waals surface area contributed by atoms with Gasteiger partial charge in [0.1, 0.15) is 0 Å². The predicted molar refractivity (Wildman–Crippen MR) is 69.5 cm³/mol. The van der Waals surface area contributed by atoms with E-state index >= 15 is 0 Å². The number of carbonyl (C=O) groups excluding carboxylic acids is 1. The molecule has 0 aromatic carbocycles. The molecule has 1 N–H and O–H groups in total. The van der Waals surface area contributed by atoms with E-state index in [4.69, 9.17) is 0 Å². The van der Waals surface area contributed by atoms with E-state index in [1.165, 1.54) is 25.9 Å². The van der Waals surface area contributed by atoms with Crippen molar-refractivity contribution in [1.82, 2.24) is 10.2 Å². The monoisotopic (exact) mass is 228 g/mol. The molecule has 3 nitrogen and oxygen atoms in total. The average Bonchev–Trinajstić information content (AvgIpc) is 2.34. The van der Waals surface area contributed by atoms with Gasteiger partial charge in [0, 0.05) is 13.5 Å². The molecule has 1 heterocycles. The summed E-state index contributed by atoms with van der Waals surface area (Å²) in [5.74, 6) is 1.06. The first kappa shape index (κ1) is 15.4. The van der Waals surface area contributed by atoms with Crippen LogP contribution >= 0.6 is 0 Å². The highest BCUT2D eigenvalue weighted by Gasteiger charge is 2.14. The third-order valence-electron chi connectivity index (χ3n) is 3.03. The van der Waals surface area contributed by atoms with Gasteiger partial charge in [-0.3, -0.25) is 4.79 Å². The molecule has 1 fully saturated rings. The third kappa shape index (κ3) is 6.83. The highest BCUT2D eigenvalue weighted by Crippen LogP contribution is 2.15. The number of piperidine rings is 1. The molecule has 1 amide bonds. The molecular weight excluding hydrogens is 200 g/mol. The fourth-order valence-corrected chi connectivity index (χ4v) is 1.87. The van der Waals surface area contributed by atoms with Crippen molar-refractivity contribution in [2.24, 2.45) is 5.92 Å². The van der Waals surface area contributed by atoms with E-state index in [1.807, 2.05) is 13.8 Å². The van der Waals surface area contributed by atoms with Crippen LogP contribution in [0.3, 0.4) is 0 Å². The molecular formula is C13H28N2O. The van der Waals surface area contributed by atoms with Crippen LogP contribution in [0.5, 0.6) is 0 Å². The van der Waals surface area contributed by atoms with E-state index in [0.717, 1.165) is 18.9 Å². The summed E-state index contributed by atoms with van der Waals surface area (Å²) < 4.78 is 0. The van der Waals surface area contributed by atoms with Gasteiger partial charge in [-0.15, -0.1) is 0 Å². The van der Waals surface area contributed by atoms with Crippen molar-refractivity contribution in [3.05, 3.63) is 0 Å². The Morgan fingerprint density at radius 1 is 1.31 bits per heavy atom. The van der Waals surface area contributed by atoms with Crippen molar-refractivity contribution < 1.29 is 4.79 Å². The zero-order valence-electron chi connectivity index (χ0n) is 11.4. The fourth-order valence-electron chi connectivity index (χ4n) is 1.87. The summed E-state index contributed by atoms with van der Waals surface area (Å²) in [6.45, 7) is 9.84. The van der Waals surface area contributed by atoms with E-state index in [9.17, 15) is 4.79 Å². The second kappa shape index (κ2) is 9.64. The van der Waals surface area contributed by atoms with E-state index in [1.54, 1.807) is 7.05 Å². The molecule has 0 aromatic heterocycles. The lowest BCUT2D eigenvalue weighted by Gasteiger charge is -2.29. The fraction of sp³-hybridized carbons (Fsp3) is 0.923. The maximum absolute atomic E-state index is 11.0. The number of likely N-dealkylation sites (tertiary alicyclic amines) is 1. The van der Waals surface area contributed by atoms with Gasteiger partial charge < -0.3 is 10.2 Å². The Morgan fingerprint density at radius 3 is 2.38 bits per heavy atom. The molecule has 0 aliphatic carbocycles. The van der Waals surface area contributed by atoms with Crippen LogP contribution in [0, 0.1) is 5.92 Å². The summed E-state index contributed by atoms with van der Waals surface area (Å²) in [4.78, 5) is 13.5. The number of nitrogens with one attached hydrogen (secondary N) is 1. The van der Waals surface area contributed by atoms with Gasteiger partial charge in [-0.25, -0.2) is 0 Å². The Bertz CT molecular complexity index is 175. The SMILES string of the molecule is CC.CNC(=O)CCCN1CCC(C)CC1.